The summed E-state index contributed by atoms with van der Waals surface area (Å²) in [7, 11) is 1.68. The van der Waals surface area contributed by atoms with E-state index >= 15 is 0 Å². The lowest BCUT2D eigenvalue weighted by Crippen LogP contribution is -2.51. The molecule has 1 aromatic carbocycles. The SMILES string of the molecule is CCn1nc(C)c(NC(=O)[C@H]2OCC(=O)N(C)[C@@H]2c2ccc(Cl)cc2)c1C. The minimum atomic E-state index is -0.836. The molecule has 1 N–H and O–H groups in total. The maximum Gasteiger partial charge on any atom is 0.256 e. The van der Waals surface area contributed by atoms with Gasteiger partial charge in [-0.05, 0) is 38.5 Å². The summed E-state index contributed by atoms with van der Waals surface area (Å²) in [6.45, 7) is 6.33. The van der Waals surface area contributed by atoms with Crippen LogP contribution in [0.1, 0.15) is 29.9 Å². The lowest BCUT2D eigenvalue weighted by Gasteiger charge is -2.38. The molecule has 0 unspecified atom stereocenters. The van der Waals surface area contributed by atoms with Gasteiger partial charge in [0, 0.05) is 18.6 Å². The number of anilines is 1. The number of benzene rings is 1. The molecule has 3 rings (SSSR count). The highest BCUT2D eigenvalue weighted by molar-refractivity contribution is 6.30. The molecule has 144 valence electrons. The molecule has 2 aromatic rings. The van der Waals surface area contributed by atoms with Crippen molar-refractivity contribution in [3.05, 3.63) is 46.2 Å². The molecular formula is C19H23ClN4O3. The monoisotopic (exact) mass is 390 g/mol. The molecule has 1 fully saturated rings. The van der Waals surface area contributed by atoms with Crippen molar-refractivity contribution in [2.24, 2.45) is 0 Å². The normalized spacial score (nSPS) is 20.0. The van der Waals surface area contributed by atoms with Crippen LogP contribution >= 0.6 is 11.6 Å². The van der Waals surface area contributed by atoms with E-state index in [1.165, 1.54) is 0 Å². The molecule has 2 heterocycles. The van der Waals surface area contributed by atoms with E-state index in [1.807, 2.05) is 25.5 Å². The van der Waals surface area contributed by atoms with Gasteiger partial charge in [0.25, 0.3) is 5.91 Å². The van der Waals surface area contributed by atoms with Gasteiger partial charge >= 0.3 is 0 Å². The minimum Gasteiger partial charge on any atom is -0.356 e. The molecule has 27 heavy (non-hydrogen) atoms. The second-order valence-electron chi connectivity index (χ2n) is 6.58. The third kappa shape index (κ3) is 3.70. The maximum atomic E-state index is 13.0. The molecule has 0 radical (unpaired) electrons. The van der Waals surface area contributed by atoms with Gasteiger partial charge in [-0.2, -0.15) is 5.10 Å². The van der Waals surface area contributed by atoms with Gasteiger partial charge in [-0.3, -0.25) is 14.3 Å². The van der Waals surface area contributed by atoms with Crippen molar-refractivity contribution in [1.82, 2.24) is 14.7 Å². The molecule has 0 spiro atoms. The number of halogens is 1. The molecule has 2 atom stereocenters. The number of nitrogens with one attached hydrogen (secondary N) is 1. The standard InChI is InChI=1S/C19H23ClN4O3/c1-5-24-12(3)16(11(2)22-24)21-19(26)18-17(23(4)15(25)10-27-18)13-6-8-14(20)9-7-13/h6-9,17-18H,5,10H2,1-4H3,(H,21,26)/t17-,18+/m1/s1. The van der Waals surface area contributed by atoms with Crippen molar-refractivity contribution < 1.29 is 14.3 Å². The first-order valence-corrected chi connectivity index (χ1v) is 9.18. The Morgan fingerprint density at radius 1 is 1.33 bits per heavy atom. The highest BCUT2D eigenvalue weighted by Crippen LogP contribution is 2.31. The van der Waals surface area contributed by atoms with Crippen molar-refractivity contribution in [3.63, 3.8) is 0 Å². The van der Waals surface area contributed by atoms with Crippen LogP contribution in [0.5, 0.6) is 0 Å². The van der Waals surface area contributed by atoms with Crippen LogP contribution in [-0.2, 0) is 20.9 Å². The van der Waals surface area contributed by atoms with E-state index in [-0.39, 0.29) is 18.4 Å². The number of hydrogen-bond acceptors (Lipinski definition) is 4. The number of hydrogen-bond donors (Lipinski definition) is 1. The molecule has 8 heteroatoms. The number of rotatable bonds is 4. The average molecular weight is 391 g/mol. The van der Waals surface area contributed by atoms with E-state index in [0.29, 0.717) is 17.3 Å². The Balaban J connectivity index is 1.90. The largest absolute Gasteiger partial charge is 0.356 e. The van der Waals surface area contributed by atoms with Gasteiger partial charge in [-0.15, -0.1) is 0 Å². The van der Waals surface area contributed by atoms with Crippen LogP contribution < -0.4 is 5.32 Å². The summed E-state index contributed by atoms with van der Waals surface area (Å²) >= 11 is 5.97. The second-order valence-corrected chi connectivity index (χ2v) is 7.02. The Morgan fingerprint density at radius 2 is 2.00 bits per heavy atom. The topological polar surface area (TPSA) is 76.5 Å². The van der Waals surface area contributed by atoms with Crippen molar-refractivity contribution >= 4 is 29.1 Å². The second kappa shape index (κ2) is 7.70. The first-order valence-electron chi connectivity index (χ1n) is 8.81. The molecular weight excluding hydrogens is 368 g/mol. The van der Waals surface area contributed by atoms with Gasteiger partial charge in [0.15, 0.2) is 6.10 Å². The third-order valence-electron chi connectivity index (χ3n) is 4.88. The van der Waals surface area contributed by atoms with E-state index < -0.39 is 12.1 Å². The highest BCUT2D eigenvalue weighted by Gasteiger charge is 2.40. The van der Waals surface area contributed by atoms with Gasteiger partial charge in [0.05, 0.1) is 23.1 Å². The van der Waals surface area contributed by atoms with Gasteiger partial charge in [0.2, 0.25) is 5.91 Å². The fourth-order valence-corrected chi connectivity index (χ4v) is 3.50. The summed E-state index contributed by atoms with van der Waals surface area (Å²) < 4.78 is 7.47. The van der Waals surface area contributed by atoms with Gasteiger partial charge in [-0.1, -0.05) is 23.7 Å². The molecule has 7 nitrogen and oxygen atoms in total. The number of amides is 2. The molecule has 1 aliphatic rings. The van der Waals surface area contributed by atoms with E-state index in [1.54, 1.807) is 36.2 Å². The van der Waals surface area contributed by atoms with Crippen LogP contribution in [0.25, 0.3) is 0 Å². The number of nitrogens with zero attached hydrogens (tertiary/aromatic N) is 3. The highest BCUT2D eigenvalue weighted by atomic mass is 35.5. The summed E-state index contributed by atoms with van der Waals surface area (Å²) in [4.78, 5) is 26.7. The van der Waals surface area contributed by atoms with Crippen molar-refractivity contribution in [1.29, 1.82) is 0 Å². The first-order chi connectivity index (χ1) is 12.8. The third-order valence-corrected chi connectivity index (χ3v) is 5.13. The summed E-state index contributed by atoms with van der Waals surface area (Å²) in [5.41, 5.74) is 3.09. The number of likely N-dealkylation sites (N-methyl/N-ethyl adjacent to an activating group) is 1. The molecule has 0 bridgehead atoms. The smallest absolute Gasteiger partial charge is 0.256 e. The zero-order chi connectivity index (χ0) is 19.7. The molecule has 0 aliphatic carbocycles. The van der Waals surface area contributed by atoms with Crippen LogP contribution in [0.15, 0.2) is 24.3 Å². The lowest BCUT2D eigenvalue weighted by atomic mass is 9.97. The fraction of sp³-hybridized carbons (Fsp3) is 0.421. The Morgan fingerprint density at radius 3 is 2.59 bits per heavy atom. The fourth-order valence-electron chi connectivity index (χ4n) is 3.37. The zero-order valence-electron chi connectivity index (χ0n) is 15.8. The maximum absolute atomic E-state index is 13.0. The Kier molecular flexibility index (Phi) is 5.53. The van der Waals surface area contributed by atoms with E-state index in [2.05, 4.69) is 10.4 Å². The number of ether oxygens (including phenoxy) is 1. The summed E-state index contributed by atoms with van der Waals surface area (Å²) in [5.74, 6) is -0.485. The first kappa shape index (κ1) is 19.4. The molecule has 1 saturated heterocycles. The Bertz CT molecular complexity index is 863. The Labute approximate surface area is 163 Å². The number of carbonyl (C=O) groups excluding carboxylic acids is 2. The molecule has 0 saturated carbocycles. The van der Waals surface area contributed by atoms with Crippen LogP contribution in [0, 0.1) is 13.8 Å². The predicted octanol–water partition coefficient (Wildman–Crippen LogP) is 2.71. The van der Waals surface area contributed by atoms with Gasteiger partial charge < -0.3 is 15.0 Å². The molecule has 1 aromatic heterocycles. The van der Waals surface area contributed by atoms with Crippen molar-refractivity contribution in [2.75, 3.05) is 19.0 Å². The number of aromatic nitrogens is 2. The van der Waals surface area contributed by atoms with Crippen LogP contribution in [0.2, 0.25) is 5.02 Å². The number of carbonyl (C=O) groups is 2. The zero-order valence-corrected chi connectivity index (χ0v) is 16.6. The summed E-state index contributed by atoms with van der Waals surface area (Å²) in [5, 5.41) is 7.95. The van der Waals surface area contributed by atoms with Crippen molar-refractivity contribution in [3.8, 4) is 0 Å². The van der Waals surface area contributed by atoms with Gasteiger partial charge in [-0.25, -0.2) is 0 Å². The lowest BCUT2D eigenvalue weighted by molar-refractivity contribution is -0.160. The minimum absolute atomic E-state index is 0.134. The number of morpholine rings is 1. The predicted molar refractivity (Wildman–Crippen MR) is 103 cm³/mol. The van der Waals surface area contributed by atoms with E-state index in [0.717, 1.165) is 17.0 Å². The van der Waals surface area contributed by atoms with E-state index in [4.69, 9.17) is 16.3 Å². The quantitative estimate of drug-likeness (QED) is 0.870. The van der Waals surface area contributed by atoms with Crippen LogP contribution in [-0.4, -0.2) is 46.3 Å². The van der Waals surface area contributed by atoms with Crippen LogP contribution in [0.4, 0.5) is 5.69 Å². The van der Waals surface area contributed by atoms with Crippen molar-refractivity contribution in [2.45, 2.75) is 39.5 Å². The molecule has 2 amide bonds. The summed E-state index contributed by atoms with van der Waals surface area (Å²) in [6, 6.07) is 6.54. The average Bonchev–Trinajstić information content (AvgIpc) is 2.92. The summed E-state index contributed by atoms with van der Waals surface area (Å²) in [6.07, 6.45) is -0.836. The molecule has 1 aliphatic heterocycles. The van der Waals surface area contributed by atoms with E-state index in [9.17, 15) is 9.59 Å². The van der Waals surface area contributed by atoms with Crippen LogP contribution in [0.3, 0.4) is 0 Å². The Hall–Kier alpha value is -2.38. The number of aryl methyl sites for hydroxylation is 2. The van der Waals surface area contributed by atoms with Gasteiger partial charge in [0.1, 0.15) is 6.61 Å².